The van der Waals surface area contributed by atoms with E-state index in [1.807, 2.05) is 0 Å². The molecule has 1 N–H and O–H groups in total. The van der Waals surface area contributed by atoms with E-state index in [9.17, 15) is 0 Å². The van der Waals surface area contributed by atoms with Gasteiger partial charge in [0.25, 0.3) is 0 Å². The lowest BCUT2D eigenvalue weighted by molar-refractivity contribution is 0.389. The number of rotatable bonds is 4. The maximum Gasteiger partial charge on any atom is 0.00923 e. The Morgan fingerprint density at radius 3 is 2.82 bits per heavy atom. The van der Waals surface area contributed by atoms with Crippen LogP contribution in [0.1, 0.15) is 45.4 Å². The van der Waals surface area contributed by atoms with Gasteiger partial charge in [0.15, 0.2) is 0 Å². The molecule has 0 aromatic carbocycles. The summed E-state index contributed by atoms with van der Waals surface area (Å²) in [6, 6.07) is 0.835. The van der Waals surface area contributed by atoms with E-state index in [0.717, 1.165) is 12.0 Å². The van der Waals surface area contributed by atoms with Crippen molar-refractivity contribution in [3.63, 3.8) is 0 Å². The molecule has 2 unspecified atom stereocenters. The second-order valence-corrected chi connectivity index (χ2v) is 3.73. The highest BCUT2D eigenvalue weighted by molar-refractivity contribution is 4.81. The van der Waals surface area contributed by atoms with E-state index < -0.39 is 0 Å². The minimum Gasteiger partial charge on any atom is -0.317 e. The standard InChI is InChI=1S/C10H21N/c1-3-4-6-9-7-5-8-10(9)11-2/h9-11H,3-8H2,1-2H3. The lowest BCUT2D eigenvalue weighted by atomic mass is 9.97. The van der Waals surface area contributed by atoms with Gasteiger partial charge >= 0.3 is 0 Å². The van der Waals surface area contributed by atoms with E-state index >= 15 is 0 Å². The Bertz CT molecular complexity index is 101. The number of nitrogens with one attached hydrogen (secondary N) is 1. The molecule has 1 saturated carbocycles. The Hall–Kier alpha value is -0.0400. The molecular weight excluding hydrogens is 134 g/mol. The van der Waals surface area contributed by atoms with Gasteiger partial charge in [-0.1, -0.05) is 26.2 Å². The van der Waals surface area contributed by atoms with Gasteiger partial charge in [0.1, 0.15) is 0 Å². The fourth-order valence-electron chi connectivity index (χ4n) is 2.23. The lowest BCUT2D eigenvalue weighted by Gasteiger charge is -2.17. The molecule has 66 valence electrons. The number of hydrogen-bond donors (Lipinski definition) is 1. The van der Waals surface area contributed by atoms with Crippen LogP contribution in [0.3, 0.4) is 0 Å². The van der Waals surface area contributed by atoms with Crippen molar-refractivity contribution < 1.29 is 0 Å². The Balaban J connectivity index is 2.20. The van der Waals surface area contributed by atoms with Crippen molar-refractivity contribution in [1.82, 2.24) is 5.32 Å². The summed E-state index contributed by atoms with van der Waals surface area (Å²) in [6.07, 6.45) is 8.54. The molecule has 0 radical (unpaired) electrons. The second-order valence-electron chi connectivity index (χ2n) is 3.73. The molecule has 1 nitrogen and oxygen atoms in total. The first kappa shape index (κ1) is 9.05. The predicted molar refractivity (Wildman–Crippen MR) is 49.7 cm³/mol. The molecule has 1 aliphatic rings. The van der Waals surface area contributed by atoms with Crippen molar-refractivity contribution in [3.05, 3.63) is 0 Å². The van der Waals surface area contributed by atoms with E-state index in [-0.39, 0.29) is 0 Å². The van der Waals surface area contributed by atoms with E-state index in [2.05, 4.69) is 19.3 Å². The Morgan fingerprint density at radius 1 is 1.36 bits per heavy atom. The van der Waals surface area contributed by atoms with Gasteiger partial charge in [-0.3, -0.25) is 0 Å². The molecule has 0 spiro atoms. The van der Waals surface area contributed by atoms with Crippen LogP contribution in [-0.4, -0.2) is 13.1 Å². The molecule has 0 heterocycles. The highest BCUT2D eigenvalue weighted by Crippen LogP contribution is 2.29. The summed E-state index contributed by atoms with van der Waals surface area (Å²) in [6.45, 7) is 2.28. The summed E-state index contributed by atoms with van der Waals surface area (Å²) in [7, 11) is 2.11. The highest BCUT2D eigenvalue weighted by atomic mass is 14.9. The van der Waals surface area contributed by atoms with Gasteiger partial charge < -0.3 is 5.32 Å². The second kappa shape index (κ2) is 4.76. The van der Waals surface area contributed by atoms with Crippen LogP contribution in [-0.2, 0) is 0 Å². The van der Waals surface area contributed by atoms with Gasteiger partial charge in [0.2, 0.25) is 0 Å². The molecule has 11 heavy (non-hydrogen) atoms. The average Bonchev–Trinajstić information content (AvgIpc) is 2.47. The molecule has 0 aromatic heterocycles. The van der Waals surface area contributed by atoms with E-state index in [1.165, 1.54) is 38.5 Å². The van der Waals surface area contributed by atoms with Crippen molar-refractivity contribution in [1.29, 1.82) is 0 Å². The van der Waals surface area contributed by atoms with E-state index in [4.69, 9.17) is 0 Å². The SMILES string of the molecule is CCCCC1CCCC1NC. The summed E-state index contributed by atoms with van der Waals surface area (Å²) in [5, 5.41) is 3.42. The lowest BCUT2D eigenvalue weighted by Crippen LogP contribution is -2.28. The highest BCUT2D eigenvalue weighted by Gasteiger charge is 2.24. The summed E-state index contributed by atoms with van der Waals surface area (Å²) in [4.78, 5) is 0. The third-order valence-corrected chi connectivity index (χ3v) is 2.96. The summed E-state index contributed by atoms with van der Waals surface area (Å²) in [5.74, 6) is 0.986. The molecule has 0 saturated heterocycles. The van der Waals surface area contributed by atoms with Gasteiger partial charge in [-0.25, -0.2) is 0 Å². The topological polar surface area (TPSA) is 12.0 Å². The molecular formula is C10H21N. The molecule has 1 heteroatoms. The van der Waals surface area contributed by atoms with Gasteiger partial charge in [-0.05, 0) is 32.2 Å². The summed E-state index contributed by atoms with van der Waals surface area (Å²) in [5.41, 5.74) is 0. The molecule has 2 atom stereocenters. The van der Waals surface area contributed by atoms with Crippen molar-refractivity contribution in [2.45, 2.75) is 51.5 Å². The predicted octanol–water partition coefficient (Wildman–Crippen LogP) is 2.56. The Kier molecular flexibility index (Phi) is 3.92. The molecule has 1 fully saturated rings. The minimum absolute atomic E-state index is 0.835. The quantitative estimate of drug-likeness (QED) is 0.658. The maximum absolute atomic E-state index is 3.42. The van der Waals surface area contributed by atoms with Gasteiger partial charge in [0.05, 0.1) is 0 Å². The zero-order valence-electron chi connectivity index (χ0n) is 7.90. The van der Waals surface area contributed by atoms with Crippen LogP contribution in [0, 0.1) is 5.92 Å². The zero-order valence-corrected chi connectivity index (χ0v) is 7.90. The van der Waals surface area contributed by atoms with Crippen LogP contribution < -0.4 is 5.32 Å². The van der Waals surface area contributed by atoms with Crippen LogP contribution in [0.5, 0.6) is 0 Å². The molecule has 1 rings (SSSR count). The van der Waals surface area contributed by atoms with Crippen LogP contribution in [0.4, 0.5) is 0 Å². The average molecular weight is 155 g/mol. The minimum atomic E-state index is 0.835. The van der Waals surface area contributed by atoms with Gasteiger partial charge in [-0.15, -0.1) is 0 Å². The number of unbranched alkanes of at least 4 members (excludes halogenated alkanes) is 1. The van der Waals surface area contributed by atoms with E-state index in [0.29, 0.717) is 0 Å². The fourth-order valence-corrected chi connectivity index (χ4v) is 2.23. The molecule has 0 amide bonds. The van der Waals surface area contributed by atoms with Crippen molar-refractivity contribution in [2.75, 3.05) is 7.05 Å². The normalized spacial score (nSPS) is 31.1. The fraction of sp³-hybridized carbons (Fsp3) is 1.00. The third-order valence-electron chi connectivity index (χ3n) is 2.96. The van der Waals surface area contributed by atoms with Crippen molar-refractivity contribution in [3.8, 4) is 0 Å². The third kappa shape index (κ3) is 2.48. The van der Waals surface area contributed by atoms with Crippen LogP contribution >= 0.6 is 0 Å². The van der Waals surface area contributed by atoms with Gasteiger partial charge in [0, 0.05) is 6.04 Å². The maximum atomic E-state index is 3.42. The summed E-state index contributed by atoms with van der Waals surface area (Å²) < 4.78 is 0. The van der Waals surface area contributed by atoms with Crippen LogP contribution in [0.2, 0.25) is 0 Å². The van der Waals surface area contributed by atoms with Crippen molar-refractivity contribution in [2.24, 2.45) is 5.92 Å². The molecule has 1 aliphatic carbocycles. The number of hydrogen-bond acceptors (Lipinski definition) is 1. The largest absolute Gasteiger partial charge is 0.317 e. The van der Waals surface area contributed by atoms with Crippen molar-refractivity contribution >= 4 is 0 Å². The molecule has 0 aromatic rings. The van der Waals surface area contributed by atoms with Crippen LogP contribution in [0.15, 0.2) is 0 Å². The first-order chi connectivity index (χ1) is 5.38. The van der Waals surface area contributed by atoms with Crippen LogP contribution in [0.25, 0.3) is 0 Å². The Morgan fingerprint density at radius 2 is 2.18 bits per heavy atom. The molecule has 0 bridgehead atoms. The monoisotopic (exact) mass is 155 g/mol. The van der Waals surface area contributed by atoms with Gasteiger partial charge in [-0.2, -0.15) is 0 Å². The smallest absolute Gasteiger partial charge is 0.00923 e. The molecule has 0 aliphatic heterocycles. The van der Waals surface area contributed by atoms with E-state index in [1.54, 1.807) is 0 Å². The zero-order chi connectivity index (χ0) is 8.10. The first-order valence-corrected chi connectivity index (χ1v) is 5.05. The first-order valence-electron chi connectivity index (χ1n) is 5.05. The Labute approximate surface area is 70.6 Å². The summed E-state index contributed by atoms with van der Waals surface area (Å²) >= 11 is 0.